The maximum Gasteiger partial charge on any atom is 0.233 e. The van der Waals surface area contributed by atoms with E-state index in [2.05, 4.69) is 30.9 Å². The molecule has 3 aromatic carbocycles. The van der Waals surface area contributed by atoms with Gasteiger partial charge >= 0.3 is 0 Å². The summed E-state index contributed by atoms with van der Waals surface area (Å²) in [4.78, 5) is 40.7. The van der Waals surface area contributed by atoms with Gasteiger partial charge in [0.15, 0.2) is 0 Å². The fourth-order valence-electron chi connectivity index (χ4n) is 4.86. The summed E-state index contributed by atoms with van der Waals surface area (Å²) in [5, 5.41) is 9.61. The molecule has 2 aromatic heterocycles. The van der Waals surface area contributed by atoms with Gasteiger partial charge in [0.05, 0.1) is 24.0 Å². The van der Waals surface area contributed by atoms with Crippen LogP contribution in [-0.4, -0.2) is 66.8 Å². The summed E-state index contributed by atoms with van der Waals surface area (Å²) in [5.74, 6) is 1.30. The van der Waals surface area contributed by atoms with Crippen LogP contribution in [0, 0.1) is 13.8 Å². The summed E-state index contributed by atoms with van der Waals surface area (Å²) >= 11 is 0. The van der Waals surface area contributed by atoms with Crippen molar-refractivity contribution in [2.45, 2.75) is 20.3 Å². The molecule has 3 N–H and O–H groups in total. The second-order valence-electron chi connectivity index (χ2n) is 11.2. The molecule has 2 amide bonds. The number of pyridine rings is 1. The molecule has 5 aromatic rings. The smallest absolute Gasteiger partial charge is 0.233 e. The Labute approximate surface area is 279 Å². The van der Waals surface area contributed by atoms with Crippen molar-refractivity contribution in [3.63, 3.8) is 0 Å². The summed E-state index contributed by atoms with van der Waals surface area (Å²) in [6, 6.07) is 24.3. The maximum atomic E-state index is 13.7. The molecule has 0 aliphatic rings. The SMILES string of the molecule is Cc1ccc(Oc2ccc(Nc3ncnc4ccc(N(C(=O)CCNC(=O)CNCCS(C)(=O)=O)c5ccccc5)cc34)cc2C)cn1. The standard InChI is InChI=1S/C35H37N7O5S/c1-24-19-26(10-14-32(24)47-29-12-9-25(2)38-21-29)41-35-30-20-28(11-13-31(30)39-23-40-35)42(27-7-5-4-6-8-27)34(44)15-16-37-33(43)22-36-17-18-48(3,45)46/h4-14,19-21,23,36H,15-18,22H2,1-3H3,(H,37,43)(H,39,40,41). The zero-order valence-electron chi connectivity index (χ0n) is 26.9. The lowest BCUT2D eigenvalue weighted by Gasteiger charge is -2.24. The molecule has 2 heterocycles. The number of ether oxygens (including phenoxy) is 1. The Morgan fingerprint density at radius 1 is 0.875 bits per heavy atom. The van der Waals surface area contributed by atoms with E-state index in [9.17, 15) is 18.0 Å². The van der Waals surface area contributed by atoms with Crippen molar-refractivity contribution in [2.75, 3.05) is 41.9 Å². The number of aryl methyl sites for hydroxylation is 2. The third-order valence-corrected chi connectivity index (χ3v) is 8.23. The molecule has 0 aliphatic carbocycles. The number of carbonyl (C=O) groups excluding carboxylic acids is 2. The number of benzene rings is 3. The molecule has 0 aliphatic heterocycles. The van der Waals surface area contributed by atoms with Crippen molar-refractivity contribution in [1.29, 1.82) is 0 Å². The second kappa shape index (κ2) is 15.5. The number of sulfone groups is 1. The van der Waals surface area contributed by atoms with Gasteiger partial charge in [-0.05, 0) is 80.1 Å². The minimum atomic E-state index is -3.12. The number of hydrogen-bond acceptors (Lipinski definition) is 10. The molecule has 248 valence electrons. The second-order valence-corrected chi connectivity index (χ2v) is 13.5. The van der Waals surface area contributed by atoms with Gasteiger partial charge in [-0.25, -0.2) is 18.4 Å². The van der Waals surface area contributed by atoms with E-state index in [-0.39, 0.29) is 43.6 Å². The third-order valence-electron chi connectivity index (χ3n) is 7.29. The number of rotatable bonds is 14. The quantitative estimate of drug-likeness (QED) is 0.138. The molecule has 0 atom stereocenters. The largest absolute Gasteiger partial charge is 0.455 e. The molecule has 48 heavy (non-hydrogen) atoms. The highest BCUT2D eigenvalue weighted by molar-refractivity contribution is 7.90. The van der Waals surface area contributed by atoms with E-state index in [4.69, 9.17) is 4.74 Å². The van der Waals surface area contributed by atoms with Gasteiger partial charge in [-0.1, -0.05) is 18.2 Å². The zero-order chi connectivity index (χ0) is 34.1. The van der Waals surface area contributed by atoms with Crippen LogP contribution in [0.1, 0.15) is 17.7 Å². The molecular formula is C35H37N7O5S. The summed E-state index contributed by atoms with van der Waals surface area (Å²) in [5.41, 5.74) is 4.58. The Balaban J connectivity index is 1.32. The van der Waals surface area contributed by atoms with E-state index < -0.39 is 9.84 Å². The van der Waals surface area contributed by atoms with E-state index >= 15 is 0 Å². The molecular weight excluding hydrogens is 630 g/mol. The van der Waals surface area contributed by atoms with E-state index in [0.29, 0.717) is 39.6 Å². The molecule has 0 unspecified atom stereocenters. The normalized spacial score (nSPS) is 11.2. The number of carbonyl (C=O) groups is 2. The van der Waals surface area contributed by atoms with Crippen LogP contribution in [0.15, 0.2) is 91.4 Å². The van der Waals surface area contributed by atoms with Crippen molar-refractivity contribution >= 4 is 55.4 Å². The van der Waals surface area contributed by atoms with Crippen LogP contribution in [0.25, 0.3) is 10.9 Å². The molecule has 5 rings (SSSR count). The molecule has 0 bridgehead atoms. The Bertz CT molecular complexity index is 2010. The zero-order valence-corrected chi connectivity index (χ0v) is 27.8. The summed E-state index contributed by atoms with van der Waals surface area (Å²) < 4.78 is 28.6. The van der Waals surface area contributed by atoms with E-state index in [0.717, 1.165) is 23.2 Å². The van der Waals surface area contributed by atoms with Gasteiger partial charge in [-0.3, -0.25) is 19.5 Å². The number of fused-ring (bicyclic) bond motifs is 1. The minimum Gasteiger partial charge on any atom is -0.455 e. The number of nitrogens with one attached hydrogen (secondary N) is 3. The van der Waals surface area contributed by atoms with Crippen molar-refractivity contribution in [2.24, 2.45) is 0 Å². The predicted octanol–water partition coefficient (Wildman–Crippen LogP) is 4.98. The van der Waals surface area contributed by atoms with Crippen molar-refractivity contribution < 1.29 is 22.7 Å². The highest BCUT2D eigenvalue weighted by atomic mass is 32.2. The summed E-state index contributed by atoms with van der Waals surface area (Å²) in [7, 11) is -3.12. The van der Waals surface area contributed by atoms with E-state index in [1.165, 1.54) is 6.33 Å². The average molecular weight is 668 g/mol. The van der Waals surface area contributed by atoms with Gasteiger partial charge in [0.1, 0.15) is 33.5 Å². The van der Waals surface area contributed by atoms with Gasteiger partial charge < -0.3 is 20.7 Å². The van der Waals surface area contributed by atoms with Gasteiger partial charge in [0.25, 0.3) is 0 Å². The maximum absolute atomic E-state index is 13.7. The Kier molecular flexibility index (Phi) is 10.9. The van der Waals surface area contributed by atoms with Gasteiger partial charge in [0.2, 0.25) is 11.8 Å². The van der Waals surface area contributed by atoms with Crippen LogP contribution in [0.2, 0.25) is 0 Å². The topological polar surface area (TPSA) is 156 Å². The fourth-order valence-corrected chi connectivity index (χ4v) is 5.38. The van der Waals surface area contributed by atoms with Gasteiger partial charge in [0, 0.05) is 53.9 Å². The molecule has 0 saturated carbocycles. The molecule has 0 saturated heterocycles. The Morgan fingerprint density at radius 3 is 2.42 bits per heavy atom. The number of para-hydroxylation sites is 1. The molecule has 12 nitrogen and oxygen atoms in total. The number of amides is 2. The number of nitrogens with zero attached hydrogens (tertiary/aromatic N) is 4. The van der Waals surface area contributed by atoms with Crippen molar-refractivity contribution in [3.8, 4) is 11.5 Å². The van der Waals surface area contributed by atoms with Gasteiger partial charge in [-0.15, -0.1) is 0 Å². The lowest BCUT2D eigenvalue weighted by molar-refractivity contribution is -0.120. The minimum absolute atomic E-state index is 0.0325. The van der Waals surface area contributed by atoms with Crippen molar-refractivity contribution in [3.05, 3.63) is 103 Å². The Hall–Kier alpha value is -5.40. The first-order valence-corrected chi connectivity index (χ1v) is 17.4. The number of aromatic nitrogens is 3. The van der Waals surface area contributed by atoms with Crippen LogP contribution >= 0.6 is 0 Å². The molecule has 0 radical (unpaired) electrons. The lowest BCUT2D eigenvalue weighted by Crippen LogP contribution is -2.37. The average Bonchev–Trinajstić information content (AvgIpc) is 3.06. The first-order valence-electron chi connectivity index (χ1n) is 15.3. The highest BCUT2D eigenvalue weighted by Crippen LogP contribution is 2.33. The number of hydrogen-bond donors (Lipinski definition) is 3. The number of anilines is 4. The highest BCUT2D eigenvalue weighted by Gasteiger charge is 2.20. The van der Waals surface area contributed by atoms with Gasteiger partial charge in [-0.2, -0.15) is 0 Å². The van der Waals surface area contributed by atoms with E-state index in [1.807, 2.05) is 92.7 Å². The first-order chi connectivity index (χ1) is 23.1. The molecule has 0 fully saturated rings. The third kappa shape index (κ3) is 9.33. The predicted molar refractivity (Wildman–Crippen MR) is 187 cm³/mol. The van der Waals surface area contributed by atoms with Crippen LogP contribution in [0.4, 0.5) is 22.9 Å². The van der Waals surface area contributed by atoms with Crippen LogP contribution in [-0.2, 0) is 19.4 Å². The molecule has 13 heteroatoms. The first kappa shape index (κ1) is 33.9. The lowest BCUT2D eigenvalue weighted by atomic mass is 10.1. The fraction of sp³-hybridized carbons (Fsp3) is 0.229. The van der Waals surface area contributed by atoms with Crippen LogP contribution in [0.3, 0.4) is 0 Å². The van der Waals surface area contributed by atoms with E-state index in [1.54, 1.807) is 11.1 Å². The molecule has 0 spiro atoms. The van der Waals surface area contributed by atoms with Crippen LogP contribution in [0.5, 0.6) is 11.5 Å². The van der Waals surface area contributed by atoms with Crippen LogP contribution < -0.4 is 25.6 Å². The summed E-state index contributed by atoms with van der Waals surface area (Å²) in [6.45, 7) is 4.11. The summed E-state index contributed by atoms with van der Waals surface area (Å²) in [6.07, 6.45) is 4.35. The Morgan fingerprint density at radius 2 is 1.69 bits per heavy atom. The van der Waals surface area contributed by atoms with Crippen molar-refractivity contribution in [1.82, 2.24) is 25.6 Å². The monoisotopic (exact) mass is 667 g/mol.